The molecule has 0 unspecified atom stereocenters. The summed E-state index contributed by atoms with van der Waals surface area (Å²) >= 11 is 0.766. The molecule has 1 aromatic carbocycles. The molecule has 0 radical (unpaired) electrons. The molecule has 28 heavy (non-hydrogen) atoms. The Balaban J connectivity index is 2.03. The lowest BCUT2D eigenvalue weighted by molar-refractivity contribution is -0.143. The minimum absolute atomic E-state index is 0.0329. The van der Waals surface area contributed by atoms with E-state index in [2.05, 4.69) is 4.98 Å². The number of ether oxygens (including phenoxy) is 2. The van der Waals surface area contributed by atoms with Crippen molar-refractivity contribution in [2.24, 2.45) is 0 Å². The molecule has 6 nitrogen and oxygen atoms in total. The minimum atomic E-state index is -1.13. The van der Waals surface area contributed by atoms with Crippen molar-refractivity contribution in [3.8, 4) is 0 Å². The highest BCUT2D eigenvalue weighted by molar-refractivity contribution is 8.00. The van der Waals surface area contributed by atoms with Crippen molar-refractivity contribution >= 4 is 29.5 Å². The number of hydrogen-bond donors (Lipinski definition) is 1. The fourth-order valence-electron chi connectivity index (χ4n) is 2.62. The Morgan fingerprint density at radius 3 is 2.54 bits per heavy atom. The van der Waals surface area contributed by atoms with E-state index < -0.39 is 35.5 Å². The highest BCUT2D eigenvalue weighted by Gasteiger charge is 2.27. The summed E-state index contributed by atoms with van der Waals surface area (Å²) in [4.78, 5) is 39.1. The highest BCUT2D eigenvalue weighted by atomic mass is 32.2. The number of aromatic nitrogens is 1. The van der Waals surface area contributed by atoms with E-state index in [1.165, 1.54) is 14.0 Å². The monoisotopic (exact) mass is 411 g/mol. The Morgan fingerprint density at radius 2 is 1.89 bits per heavy atom. The Bertz CT molecular complexity index is 925. The van der Waals surface area contributed by atoms with Gasteiger partial charge in [-0.2, -0.15) is 0 Å². The van der Waals surface area contributed by atoms with Crippen molar-refractivity contribution in [3.05, 3.63) is 52.3 Å². The number of esters is 2. The molecule has 150 valence electrons. The summed E-state index contributed by atoms with van der Waals surface area (Å²) in [7, 11) is 1.24. The van der Waals surface area contributed by atoms with Crippen LogP contribution in [0.1, 0.15) is 39.0 Å². The summed E-state index contributed by atoms with van der Waals surface area (Å²) in [6.07, 6.45) is -1.13. The van der Waals surface area contributed by atoms with E-state index in [0.717, 1.165) is 30.0 Å². The number of rotatable bonds is 7. The van der Waals surface area contributed by atoms with E-state index >= 15 is 0 Å². The van der Waals surface area contributed by atoms with Crippen molar-refractivity contribution in [3.63, 3.8) is 0 Å². The van der Waals surface area contributed by atoms with Gasteiger partial charge in [-0.15, -0.1) is 11.8 Å². The molecule has 2 aromatic rings. The van der Waals surface area contributed by atoms with Crippen LogP contribution in [0.15, 0.2) is 23.1 Å². The van der Waals surface area contributed by atoms with Gasteiger partial charge in [0, 0.05) is 10.6 Å². The first-order chi connectivity index (χ1) is 13.1. The maximum absolute atomic E-state index is 13.6. The van der Waals surface area contributed by atoms with Crippen LogP contribution >= 0.6 is 11.8 Å². The van der Waals surface area contributed by atoms with E-state index in [4.69, 9.17) is 9.47 Å². The van der Waals surface area contributed by atoms with Crippen molar-refractivity contribution < 1.29 is 32.6 Å². The summed E-state index contributed by atoms with van der Waals surface area (Å²) in [5, 5.41) is 0. The zero-order valence-corrected chi connectivity index (χ0v) is 16.5. The third kappa shape index (κ3) is 4.78. The number of hydrogen-bond acceptors (Lipinski definition) is 6. The zero-order valence-electron chi connectivity index (χ0n) is 15.7. The number of halogens is 2. The second-order valence-corrected chi connectivity index (χ2v) is 6.99. The Hall–Kier alpha value is -2.68. The summed E-state index contributed by atoms with van der Waals surface area (Å²) in [6.45, 7) is 4.60. The number of carbonyl (C=O) groups is 3. The first-order valence-electron chi connectivity index (χ1n) is 8.24. The average molecular weight is 411 g/mol. The molecule has 0 aliphatic rings. The van der Waals surface area contributed by atoms with Crippen molar-refractivity contribution in [1.29, 1.82) is 0 Å². The second-order valence-electron chi connectivity index (χ2n) is 5.98. The van der Waals surface area contributed by atoms with Gasteiger partial charge >= 0.3 is 11.9 Å². The molecule has 1 heterocycles. The Labute approximate surface area is 164 Å². The lowest BCUT2D eigenvalue weighted by Gasteiger charge is -2.12. The molecule has 0 amide bonds. The van der Waals surface area contributed by atoms with Crippen molar-refractivity contribution in [2.75, 3.05) is 12.9 Å². The zero-order chi connectivity index (χ0) is 21.0. The first kappa shape index (κ1) is 21.6. The topological polar surface area (TPSA) is 85.5 Å². The van der Waals surface area contributed by atoms with Crippen LogP contribution in [-0.4, -0.2) is 41.7 Å². The Morgan fingerprint density at radius 1 is 1.21 bits per heavy atom. The lowest BCUT2D eigenvalue weighted by atomic mass is 10.1. The fraction of sp³-hybridized carbons (Fsp3) is 0.316. The van der Waals surface area contributed by atoms with Crippen LogP contribution in [0.5, 0.6) is 0 Å². The normalized spacial score (nSPS) is 11.8. The molecule has 2 rings (SSSR count). The number of thioether (sulfide) groups is 1. The molecular formula is C19H19F2NO5S. The van der Waals surface area contributed by atoms with E-state index in [-0.39, 0.29) is 21.9 Å². The number of carbonyl (C=O) groups excluding carboxylic acids is 3. The summed E-state index contributed by atoms with van der Waals surface area (Å²) in [6, 6.07) is 2.91. The van der Waals surface area contributed by atoms with Crippen LogP contribution in [0.2, 0.25) is 0 Å². The predicted molar refractivity (Wildman–Crippen MR) is 98.6 cm³/mol. The number of ketones is 1. The molecule has 1 atom stereocenters. The molecule has 0 fully saturated rings. The third-order valence-corrected chi connectivity index (χ3v) is 4.99. The molecule has 1 aromatic heterocycles. The van der Waals surface area contributed by atoms with Crippen LogP contribution in [0, 0.1) is 25.5 Å². The van der Waals surface area contributed by atoms with Crippen molar-refractivity contribution in [2.45, 2.75) is 31.8 Å². The van der Waals surface area contributed by atoms with Gasteiger partial charge in [-0.05, 0) is 44.5 Å². The predicted octanol–water partition coefficient (Wildman–Crippen LogP) is 3.60. The maximum Gasteiger partial charge on any atom is 0.339 e. The number of nitrogens with one attached hydrogen (secondary N) is 1. The van der Waals surface area contributed by atoms with Gasteiger partial charge < -0.3 is 14.5 Å². The number of methoxy groups -OCH3 is 1. The SMILES string of the molecule is COC(=O)c1c(C)[nH]c(C(=O)[C@H](C)OC(=O)CSc2cc(F)ccc2F)c1C. The van der Waals surface area contributed by atoms with Gasteiger partial charge in [-0.1, -0.05) is 0 Å². The average Bonchev–Trinajstić information content (AvgIpc) is 2.95. The van der Waals surface area contributed by atoms with E-state index in [0.29, 0.717) is 11.3 Å². The van der Waals surface area contributed by atoms with Gasteiger partial charge in [0.15, 0.2) is 6.10 Å². The molecule has 0 aliphatic heterocycles. The van der Waals surface area contributed by atoms with Gasteiger partial charge in [0.25, 0.3) is 0 Å². The van der Waals surface area contributed by atoms with E-state index in [1.807, 2.05) is 0 Å². The first-order valence-corrected chi connectivity index (χ1v) is 9.23. The molecule has 9 heteroatoms. The maximum atomic E-state index is 13.6. The minimum Gasteiger partial charge on any atom is -0.465 e. The smallest absolute Gasteiger partial charge is 0.339 e. The van der Waals surface area contributed by atoms with Gasteiger partial charge in [-0.25, -0.2) is 13.6 Å². The summed E-state index contributed by atoms with van der Waals surface area (Å²) < 4.78 is 36.5. The third-order valence-electron chi connectivity index (χ3n) is 3.99. The summed E-state index contributed by atoms with van der Waals surface area (Å²) in [5.74, 6) is -3.44. The molecule has 1 N–H and O–H groups in total. The summed E-state index contributed by atoms with van der Waals surface area (Å²) in [5.41, 5.74) is 1.25. The standard InChI is InChI=1S/C19H19F2NO5S/c1-9-16(19(25)26-4)10(2)22-17(9)18(24)11(3)27-15(23)8-28-14-7-12(20)5-6-13(14)21/h5-7,11,22H,8H2,1-4H3/t11-/m0/s1. The molecule has 0 bridgehead atoms. The number of aryl methyl sites for hydroxylation is 1. The number of benzene rings is 1. The largest absolute Gasteiger partial charge is 0.465 e. The second kappa shape index (κ2) is 9.01. The molecule has 0 aliphatic carbocycles. The quantitative estimate of drug-likeness (QED) is 0.426. The number of aromatic amines is 1. The van der Waals surface area contributed by atoms with Crippen molar-refractivity contribution in [1.82, 2.24) is 4.98 Å². The van der Waals surface area contributed by atoms with Gasteiger partial charge in [0.2, 0.25) is 5.78 Å². The number of H-pyrrole nitrogens is 1. The molecule has 0 saturated heterocycles. The van der Waals surface area contributed by atoms with E-state index in [1.54, 1.807) is 13.8 Å². The fourth-order valence-corrected chi connectivity index (χ4v) is 3.36. The molecule has 0 saturated carbocycles. The van der Waals surface area contributed by atoms with Gasteiger partial charge in [0.1, 0.15) is 11.6 Å². The van der Waals surface area contributed by atoms with Gasteiger partial charge in [-0.3, -0.25) is 9.59 Å². The van der Waals surface area contributed by atoms with Crippen LogP contribution in [0.25, 0.3) is 0 Å². The van der Waals surface area contributed by atoms with Gasteiger partial charge in [0.05, 0.1) is 24.1 Å². The molecule has 0 spiro atoms. The Kier molecular flexibility index (Phi) is 6.95. The van der Waals surface area contributed by atoms with Crippen LogP contribution in [-0.2, 0) is 14.3 Å². The van der Waals surface area contributed by atoms with Crippen LogP contribution in [0.4, 0.5) is 8.78 Å². The lowest BCUT2D eigenvalue weighted by Crippen LogP contribution is -2.26. The van der Waals surface area contributed by atoms with Crippen LogP contribution in [0.3, 0.4) is 0 Å². The number of Topliss-reactive ketones (excluding diaryl/α,β-unsaturated/α-hetero) is 1. The van der Waals surface area contributed by atoms with E-state index in [9.17, 15) is 23.2 Å². The highest BCUT2D eigenvalue weighted by Crippen LogP contribution is 2.24. The van der Waals surface area contributed by atoms with Crippen LogP contribution < -0.4 is 0 Å². The molecular weight excluding hydrogens is 392 g/mol.